The topological polar surface area (TPSA) is 70.6 Å². The second kappa shape index (κ2) is 8.03. The van der Waals surface area contributed by atoms with Crippen LogP contribution in [-0.2, 0) is 0 Å². The third-order valence-corrected chi connectivity index (χ3v) is 4.42. The zero-order valence-corrected chi connectivity index (χ0v) is 15.5. The SMILES string of the molecule is COc1ccc(C(=O)Nc2cnc(N3CCCCC3)nc2N(C)C)cc1. The zero-order valence-electron chi connectivity index (χ0n) is 15.5. The first-order valence-corrected chi connectivity index (χ1v) is 8.83. The molecule has 0 aliphatic carbocycles. The maximum atomic E-state index is 12.5. The molecule has 1 amide bonds. The molecule has 1 N–H and O–H groups in total. The van der Waals surface area contributed by atoms with Gasteiger partial charge in [-0.3, -0.25) is 4.79 Å². The number of nitrogens with one attached hydrogen (secondary N) is 1. The summed E-state index contributed by atoms with van der Waals surface area (Å²) in [5.74, 6) is 1.92. The van der Waals surface area contributed by atoms with Crippen molar-refractivity contribution >= 4 is 23.4 Å². The van der Waals surface area contributed by atoms with Gasteiger partial charge in [-0.2, -0.15) is 4.98 Å². The van der Waals surface area contributed by atoms with E-state index in [1.165, 1.54) is 6.42 Å². The van der Waals surface area contributed by atoms with Gasteiger partial charge >= 0.3 is 0 Å². The monoisotopic (exact) mass is 355 g/mol. The summed E-state index contributed by atoms with van der Waals surface area (Å²) in [5, 5.41) is 2.91. The van der Waals surface area contributed by atoms with E-state index in [0.29, 0.717) is 22.8 Å². The molecule has 0 radical (unpaired) electrons. The molecule has 0 atom stereocenters. The van der Waals surface area contributed by atoms with Gasteiger partial charge in [0.15, 0.2) is 5.82 Å². The lowest BCUT2D eigenvalue weighted by Gasteiger charge is -2.28. The van der Waals surface area contributed by atoms with Crippen LogP contribution in [0.3, 0.4) is 0 Å². The second-order valence-corrected chi connectivity index (χ2v) is 6.53. The highest BCUT2D eigenvalue weighted by Crippen LogP contribution is 2.26. The number of anilines is 3. The molecule has 7 heteroatoms. The molecular formula is C19H25N5O2. The number of methoxy groups -OCH3 is 1. The molecule has 1 aromatic carbocycles. The molecule has 2 heterocycles. The largest absolute Gasteiger partial charge is 0.497 e. The first-order chi connectivity index (χ1) is 12.6. The number of carbonyl (C=O) groups is 1. The van der Waals surface area contributed by atoms with Crippen molar-refractivity contribution in [2.45, 2.75) is 19.3 Å². The summed E-state index contributed by atoms with van der Waals surface area (Å²) < 4.78 is 5.13. The number of carbonyl (C=O) groups excluding carboxylic acids is 1. The predicted molar refractivity (Wildman–Crippen MR) is 103 cm³/mol. The van der Waals surface area contributed by atoms with Crippen LogP contribution >= 0.6 is 0 Å². The number of nitrogens with zero attached hydrogens (tertiary/aromatic N) is 4. The quantitative estimate of drug-likeness (QED) is 0.889. The van der Waals surface area contributed by atoms with Gasteiger partial charge in [0, 0.05) is 32.7 Å². The van der Waals surface area contributed by atoms with E-state index in [0.717, 1.165) is 31.9 Å². The number of hydrogen-bond donors (Lipinski definition) is 1. The van der Waals surface area contributed by atoms with Crippen LogP contribution in [0.1, 0.15) is 29.6 Å². The number of aromatic nitrogens is 2. The van der Waals surface area contributed by atoms with E-state index in [2.05, 4.69) is 20.2 Å². The Bertz CT molecular complexity index is 755. The Morgan fingerprint density at radius 1 is 1.15 bits per heavy atom. The van der Waals surface area contributed by atoms with Gasteiger partial charge in [-0.15, -0.1) is 0 Å². The molecule has 0 saturated carbocycles. The third-order valence-electron chi connectivity index (χ3n) is 4.42. The number of rotatable bonds is 5. The molecule has 0 bridgehead atoms. The molecule has 2 aromatic rings. The highest BCUT2D eigenvalue weighted by molar-refractivity contribution is 6.05. The normalized spacial score (nSPS) is 14.0. The van der Waals surface area contributed by atoms with Crippen molar-refractivity contribution in [3.63, 3.8) is 0 Å². The second-order valence-electron chi connectivity index (χ2n) is 6.53. The van der Waals surface area contributed by atoms with Crippen LogP contribution in [0.5, 0.6) is 5.75 Å². The molecule has 26 heavy (non-hydrogen) atoms. The Kier molecular flexibility index (Phi) is 5.55. The molecule has 0 unspecified atom stereocenters. The smallest absolute Gasteiger partial charge is 0.255 e. The molecule has 7 nitrogen and oxygen atoms in total. The summed E-state index contributed by atoms with van der Waals surface area (Å²) in [6.45, 7) is 1.95. The van der Waals surface area contributed by atoms with Gasteiger partial charge in [0.25, 0.3) is 5.91 Å². The van der Waals surface area contributed by atoms with Crippen molar-refractivity contribution in [1.29, 1.82) is 0 Å². The number of hydrogen-bond acceptors (Lipinski definition) is 6. The summed E-state index contributed by atoms with van der Waals surface area (Å²) >= 11 is 0. The van der Waals surface area contributed by atoms with Crippen LogP contribution in [0.25, 0.3) is 0 Å². The van der Waals surface area contributed by atoms with Crippen LogP contribution in [0.15, 0.2) is 30.5 Å². The van der Waals surface area contributed by atoms with E-state index in [4.69, 9.17) is 4.74 Å². The van der Waals surface area contributed by atoms with Crippen molar-refractivity contribution in [3.05, 3.63) is 36.0 Å². The molecule has 1 aliphatic heterocycles. The molecular weight excluding hydrogens is 330 g/mol. The number of benzene rings is 1. The molecule has 1 fully saturated rings. The van der Waals surface area contributed by atoms with Crippen molar-refractivity contribution in [2.24, 2.45) is 0 Å². The summed E-state index contributed by atoms with van der Waals surface area (Å²) in [6, 6.07) is 6.98. The fraction of sp³-hybridized carbons (Fsp3) is 0.421. The molecule has 1 saturated heterocycles. The Labute approximate surface area is 154 Å². The van der Waals surface area contributed by atoms with E-state index in [1.807, 2.05) is 19.0 Å². The highest BCUT2D eigenvalue weighted by atomic mass is 16.5. The minimum atomic E-state index is -0.204. The Hall–Kier alpha value is -2.83. The minimum absolute atomic E-state index is 0.204. The summed E-state index contributed by atoms with van der Waals surface area (Å²) in [7, 11) is 5.41. The average Bonchev–Trinajstić information content (AvgIpc) is 2.68. The minimum Gasteiger partial charge on any atom is -0.497 e. The van der Waals surface area contributed by atoms with Crippen LogP contribution in [-0.4, -0.2) is 50.2 Å². The van der Waals surface area contributed by atoms with Crippen LogP contribution < -0.4 is 19.9 Å². The lowest BCUT2D eigenvalue weighted by molar-refractivity contribution is 0.102. The van der Waals surface area contributed by atoms with Crippen LogP contribution in [0, 0.1) is 0 Å². The van der Waals surface area contributed by atoms with Crippen LogP contribution in [0.4, 0.5) is 17.5 Å². The zero-order chi connectivity index (χ0) is 18.5. The van der Waals surface area contributed by atoms with E-state index in [-0.39, 0.29) is 5.91 Å². The van der Waals surface area contributed by atoms with Gasteiger partial charge < -0.3 is 19.9 Å². The van der Waals surface area contributed by atoms with Gasteiger partial charge in [0.2, 0.25) is 5.95 Å². The van der Waals surface area contributed by atoms with E-state index < -0.39 is 0 Å². The fourth-order valence-corrected chi connectivity index (χ4v) is 2.98. The standard InChI is InChI=1S/C19H25N5O2/c1-23(2)17-16(13-20-19(22-17)24-11-5-4-6-12-24)21-18(25)14-7-9-15(26-3)10-8-14/h7-10,13H,4-6,11-12H2,1-3H3,(H,21,25). The van der Waals surface area contributed by atoms with E-state index >= 15 is 0 Å². The summed E-state index contributed by atoms with van der Waals surface area (Å²) in [6.07, 6.45) is 5.27. The maximum Gasteiger partial charge on any atom is 0.255 e. The molecule has 1 aliphatic rings. The van der Waals surface area contributed by atoms with Gasteiger partial charge in [-0.1, -0.05) is 0 Å². The van der Waals surface area contributed by atoms with Crippen LogP contribution in [0.2, 0.25) is 0 Å². The summed E-state index contributed by atoms with van der Waals surface area (Å²) in [5.41, 5.74) is 1.15. The number of amides is 1. The van der Waals surface area contributed by atoms with Crippen molar-refractivity contribution in [3.8, 4) is 5.75 Å². The van der Waals surface area contributed by atoms with Gasteiger partial charge in [-0.05, 0) is 43.5 Å². The van der Waals surface area contributed by atoms with Crippen molar-refractivity contribution in [1.82, 2.24) is 9.97 Å². The Balaban J connectivity index is 1.80. The van der Waals surface area contributed by atoms with E-state index in [9.17, 15) is 4.79 Å². The lowest BCUT2D eigenvalue weighted by atomic mass is 10.1. The highest BCUT2D eigenvalue weighted by Gasteiger charge is 2.18. The van der Waals surface area contributed by atoms with Crippen molar-refractivity contribution < 1.29 is 9.53 Å². The Morgan fingerprint density at radius 2 is 1.85 bits per heavy atom. The average molecular weight is 355 g/mol. The Morgan fingerprint density at radius 3 is 2.46 bits per heavy atom. The first kappa shape index (κ1) is 18.0. The van der Waals surface area contributed by atoms with Gasteiger partial charge in [0.1, 0.15) is 11.4 Å². The maximum absolute atomic E-state index is 12.5. The predicted octanol–water partition coefficient (Wildman–Crippen LogP) is 2.79. The molecule has 3 rings (SSSR count). The third kappa shape index (κ3) is 4.04. The summed E-state index contributed by atoms with van der Waals surface area (Å²) in [4.78, 5) is 25.8. The molecule has 0 spiro atoms. The number of ether oxygens (including phenoxy) is 1. The van der Waals surface area contributed by atoms with Gasteiger partial charge in [0.05, 0.1) is 13.3 Å². The first-order valence-electron chi connectivity index (χ1n) is 8.83. The molecule has 138 valence electrons. The number of piperidine rings is 1. The van der Waals surface area contributed by atoms with Crippen molar-refractivity contribution in [2.75, 3.05) is 49.4 Å². The lowest BCUT2D eigenvalue weighted by Crippen LogP contribution is -2.31. The fourth-order valence-electron chi connectivity index (χ4n) is 2.98. The van der Waals surface area contributed by atoms with Gasteiger partial charge in [-0.25, -0.2) is 4.98 Å². The van der Waals surface area contributed by atoms with E-state index in [1.54, 1.807) is 37.6 Å². The molecule has 1 aromatic heterocycles.